The molecule has 1 aliphatic rings. The van der Waals surface area contributed by atoms with Gasteiger partial charge in [0.1, 0.15) is 5.78 Å². The van der Waals surface area contributed by atoms with Crippen LogP contribution < -0.4 is 0 Å². The summed E-state index contributed by atoms with van der Waals surface area (Å²) in [5.41, 5.74) is 0. The Labute approximate surface area is 164 Å². The van der Waals surface area contributed by atoms with Crippen LogP contribution in [0, 0.1) is 11.8 Å². The van der Waals surface area contributed by atoms with Gasteiger partial charge < -0.3 is 14.9 Å². The molecule has 1 fully saturated rings. The van der Waals surface area contributed by atoms with Crippen molar-refractivity contribution in [3.8, 4) is 0 Å². The summed E-state index contributed by atoms with van der Waals surface area (Å²) in [4.78, 5) is 23.5. The van der Waals surface area contributed by atoms with E-state index in [1.165, 1.54) is 0 Å². The summed E-state index contributed by atoms with van der Waals surface area (Å²) in [6.45, 7) is 4.36. The fraction of sp³-hybridized carbons (Fsp3) is 0.818. The maximum atomic E-state index is 12.2. The lowest BCUT2D eigenvalue weighted by Gasteiger charge is -2.18. The number of unbranched alkanes of at least 4 members (excludes halogenated alkanes) is 5. The standard InChI is InChI=1S/C22H38O5/c1-3-5-8-11-17(23)14-15-19-18(20(24)16-21(19)25)12-9-6-7-10-13-22(26)27-4-2/h14-15,17-19,21,23,25H,3-13,16H2,1-2H3/b15-14+/t17-,18+,19?,21+/m0/s1. The van der Waals surface area contributed by atoms with E-state index in [1.54, 1.807) is 13.0 Å². The zero-order chi connectivity index (χ0) is 20.1. The Hall–Kier alpha value is -1.20. The number of aliphatic hydroxyl groups excluding tert-OH is 2. The fourth-order valence-corrected chi connectivity index (χ4v) is 3.77. The monoisotopic (exact) mass is 382 g/mol. The van der Waals surface area contributed by atoms with Gasteiger partial charge in [-0.05, 0) is 26.2 Å². The molecule has 0 aromatic heterocycles. The molecule has 1 saturated carbocycles. The molecule has 0 radical (unpaired) electrons. The second-order valence-electron chi connectivity index (χ2n) is 7.63. The Morgan fingerprint density at radius 2 is 1.93 bits per heavy atom. The number of ketones is 1. The van der Waals surface area contributed by atoms with Crippen LogP contribution in [0.2, 0.25) is 0 Å². The molecule has 1 aliphatic carbocycles. The zero-order valence-electron chi connectivity index (χ0n) is 17.1. The van der Waals surface area contributed by atoms with E-state index >= 15 is 0 Å². The Kier molecular flexibility index (Phi) is 12.3. The van der Waals surface area contributed by atoms with Crippen molar-refractivity contribution in [3.63, 3.8) is 0 Å². The molecular weight excluding hydrogens is 344 g/mol. The van der Waals surface area contributed by atoms with Crippen LogP contribution in [0.4, 0.5) is 0 Å². The second kappa shape index (κ2) is 13.9. The first-order valence-corrected chi connectivity index (χ1v) is 10.7. The van der Waals surface area contributed by atoms with Gasteiger partial charge in [0.05, 0.1) is 18.8 Å². The van der Waals surface area contributed by atoms with Gasteiger partial charge in [-0.25, -0.2) is 0 Å². The quantitative estimate of drug-likeness (QED) is 0.270. The molecule has 156 valence electrons. The first-order valence-electron chi connectivity index (χ1n) is 10.7. The summed E-state index contributed by atoms with van der Waals surface area (Å²) in [6, 6.07) is 0. The fourth-order valence-electron chi connectivity index (χ4n) is 3.77. The largest absolute Gasteiger partial charge is 0.466 e. The maximum Gasteiger partial charge on any atom is 0.305 e. The average Bonchev–Trinajstić information content (AvgIpc) is 2.89. The molecule has 27 heavy (non-hydrogen) atoms. The van der Waals surface area contributed by atoms with Crippen molar-refractivity contribution in [2.75, 3.05) is 6.61 Å². The van der Waals surface area contributed by atoms with E-state index in [2.05, 4.69) is 6.92 Å². The molecule has 0 saturated heterocycles. The van der Waals surface area contributed by atoms with Gasteiger partial charge in [-0.3, -0.25) is 9.59 Å². The van der Waals surface area contributed by atoms with Crippen LogP contribution in [0.1, 0.15) is 84.5 Å². The van der Waals surface area contributed by atoms with Crippen LogP contribution in [0.3, 0.4) is 0 Å². The van der Waals surface area contributed by atoms with E-state index in [1.807, 2.05) is 6.08 Å². The summed E-state index contributed by atoms with van der Waals surface area (Å²) >= 11 is 0. The van der Waals surface area contributed by atoms with Crippen LogP contribution in [-0.4, -0.2) is 40.8 Å². The highest BCUT2D eigenvalue weighted by molar-refractivity contribution is 5.84. The van der Waals surface area contributed by atoms with Crippen molar-refractivity contribution >= 4 is 11.8 Å². The Balaban J connectivity index is 2.34. The van der Waals surface area contributed by atoms with E-state index in [-0.39, 0.29) is 30.0 Å². The molecule has 4 atom stereocenters. The third-order valence-electron chi connectivity index (χ3n) is 5.34. The lowest BCUT2D eigenvalue weighted by atomic mass is 9.88. The number of Topliss-reactive ketones (excluding diaryl/α,β-unsaturated/α-hetero) is 1. The average molecular weight is 383 g/mol. The number of hydrogen-bond donors (Lipinski definition) is 2. The topological polar surface area (TPSA) is 83.8 Å². The maximum absolute atomic E-state index is 12.2. The zero-order valence-corrected chi connectivity index (χ0v) is 17.1. The van der Waals surface area contributed by atoms with E-state index in [9.17, 15) is 19.8 Å². The molecule has 0 bridgehead atoms. The highest BCUT2D eigenvalue weighted by Gasteiger charge is 2.39. The van der Waals surface area contributed by atoms with Crippen LogP contribution in [-0.2, 0) is 14.3 Å². The summed E-state index contributed by atoms with van der Waals surface area (Å²) in [7, 11) is 0. The molecule has 5 nitrogen and oxygen atoms in total. The SMILES string of the molecule is CCCCC[C@H](O)/C=C/C1[C@H](O)CC(=O)[C@@H]1CCCCCCC(=O)OCC. The third kappa shape index (κ3) is 9.52. The first kappa shape index (κ1) is 23.8. The molecule has 0 aromatic carbocycles. The Morgan fingerprint density at radius 3 is 2.63 bits per heavy atom. The van der Waals surface area contributed by atoms with Crippen molar-refractivity contribution in [3.05, 3.63) is 12.2 Å². The number of rotatable bonds is 14. The molecule has 0 amide bonds. The van der Waals surface area contributed by atoms with E-state index < -0.39 is 12.2 Å². The molecule has 0 aromatic rings. The molecule has 1 unspecified atom stereocenters. The van der Waals surface area contributed by atoms with Crippen molar-refractivity contribution in [2.24, 2.45) is 11.8 Å². The van der Waals surface area contributed by atoms with Crippen molar-refractivity contribution in [1.29, 1.82) is 0 Å². The molecule has 0 aliphatic heterocycles. The lowest BCUT2D eigenvalue weighted by molar-refractivity contribution is -0.143. The van der Waals surface area contributed by atoms with Crippen molar-refractivity contribution < 1.29 is 24.5 Å². The Bertz CT molecular complexity index is 460. The third-order valence-corrected chi connectivity index (χ3v) is 5.34. The summed E-state index contributed by atoms with van der Waals surface area (Å²) in [5.74, 6) is -0.347. The molecule has 2 N–H and O–H groups in total. The smallest absolute Gasteiger partial charge is 0.305 e. The van der Waals surface area contributed by atoms with Gasteiger partial charge in [-0.15, -0.1) is 0 Å². The predicted molar refractivity (Wildman–Crippen MR) is 106 cm³/mol. The minimum absolute atomic E-state index is 0.129. The van der Waals surface area contributed by atoms with Gasteiger partial charge in [0.15, 0.2) is 0 Å². The second-order valence-corrected chi connectivity index (χ2v) is 7.63. The van der Waals surface area contributed by atoms with Gasteiger partial charge >= 0.3 is 5.97 Å². The number of carbonyl (C=O) groups is 2. The van der Waals surface area contributed by atoms with Gasteiger partial charge in [-0.1, -0.05) is 57.6 Å². The number of carbonyl (C=O) groups excluding carboxylic acids is 2. The van der Waals surface area contributed by atoms with Crippen LogP contribution in [0.5, 0.6) is 0 Å². The minimum Gasteiger partial charge on any atom is -0.466 e. The van der Waals surface area contributed by atoms with E-state index in [0.717, 1.165) is 57.8 Å². The van der Waals surface area contributed by atoms with Gasteiger partial charge in [0, 0.05) is 24.7 Å². The van der Waals surface area contributed by atoms with Crippen LogP contribution in [0.25, 0.3) is 0 Å². The normalized spacial score (nSPS) is 23.9. The summed E-state index contributed by atoms with van der Waals surface area (Å²) in [6.07, 6.45) is 11.5. The molecule has 0 spiro atoms. The van der Waals surface area contributed by atoms with Gasteiger partial charge in [0.25, 0.3) is 0 Å². The number of ether oxygens (including phenoxy) is 1. The summed E-state index contributed by atoms with van der Waals surface area (Å²) < 4.78 is 4.91. The number of aliphatic hydroxyl groups is 2. The summed E-state index contributed by atoms with van der Waals surface area (Å²) in [5, 5.41) is 20.2. The number of hydrogen-bond acceptors (Lipinski definition) is 5. The highest BCUT2D eigenvalue weighted by Crippen LogP contribution is 2.34. The first-order chi connectivity index (χ1) is 13.0. The van der Waals surface area contributed by atoms with Crippen LogP contribution in [0.15, 0.2) is 12.2 Å². The lowest BCUT2D eigenvalue weighted by Crippen LogP contribution is -2.19. The molecular formula is C22H38O5. The van der Waals surface area contributed by atoms with Crippen LogP contribution >= 0.6 is 0 Å². The minimum atomic E-state index is -0.634. The van der Waals surface area contributed by atoms with Crippen molar-refractivity contribution in [2.45, 2.75) is 96.7 Å². The molecule has 0 heterocycles. The van der Waals surface area contributed by atoms with Gasteiger partial charge in [-0.2, -0.15) is 0 Å². The number of esters is 1. The Morgan fingerprint density at radius 1 is 1.19 bits per heavy atom. The van der Waals surface area contributed by atoms with E-state index in [0.29, 0.717) is 13.0 Å². The van der Waals surface area contributed by atoms with E-state index in [4.69, 9.17) is 4.74 Å². The predicted octanol–water partition coefficient (Wildman–Crippen LogP) is 3.95. The highest BCUT2D eigenvalue weighted by atomic mass is 16.5. The van der Waals surface area contributed by atoms with Gasteiger partial charge in [0.2, 0.25) is 0 Å². The molecule has 1 rings (SSSR count). The molecule has 5 heteroatoms. The van der Waals surface area contributed by atoms with Crippen molar-refractivity contribution in [1.82, 2.24) is 0 Å².